The third-order valence-electron chi connectivity index (χ3n) is 4.46. The van der Waals surface area contributed by atoms with Gasteiger partial charge in [-0.15, -0.1) is 0 Å². The van der Waals surface area contributed by atoms with E-state index in [-0.39, 0.29) is 17.6 Å². The maximum Gasteiger partial charge on any atom is 0.269 e. The van der Waals surface area contributed by atoms with Crippen LogP contribution in [0.4, 0.5) is 5.69 Å². The van der Waals surface area contributed by atoms with Gasteiger partial charge < -0.3 is 4.90 Å². The molecule has 5 nitrogen and oxygen atoms in total. The number of likely N-dealkylation sites (N-methyl/N-ethyl adjacent to an activating group) is 1. The van der Waals surface area contributed by atoms with Gasteiger partial charge in [-0.25, -0.2) is 0 Å². The molecule has 0 aliphatic heterocycles. The second-order valence-corrected chi connectivity index (χ2v) is 6.13. The standard InChI is InChI=1S/C19H22N2O3/c1-13-8-9-16(10-14(13)2)11-19(22)20(4)15(3)17-6-5-7-18(12-17)21(23)24/h5-10,12,15H,11H2,1-4H3/t15-/m1/s1. The van der Waals surface area contributed by atoms with Crippen LogP contribution < -0.4 is 0 Å². The molecule has 0 unspecified atom stereocenters. The summed E-state index contributed by atoms with van der Waals surface area (Å²) in [5.74, 6) is -0.0164. The lowest BCUT2D eigenvalue weighted by atomic mass is 10.0. The van der Waals surface area contributed by atoms with Crippen LogP contribution in [-0.4, -0.2) is 22.8 Å². The van der Waals surface area contributed by atoms with Gasteiger partial charge in [0.15, 0.2) is 0 Å². The second-order valence-electron chi connectivity index (χ2n) is 6.13. The first-order chi connectivity index (χ1) is 11.3. The molecule has 0 heterocycles. The molecule has 5 heteroatoms. The normalized spacial score (nSPS) is 11.8. The largest absolute Gasteiger partial charge is 0.339 e. The number of nitro benzene ring substituents is 1. The molecule has 2 aromatic carbocycles. The fourth-order valence-electron chi connectivity index (χ4n) is 2.55. The van der Waals surface area contributed by atoms with Gasteiger partial charge in [0.05, 0.1) is 17.4 Å². The maximum absolute atomic E-state index is 12.5. The Morgan fingerprint density at radius 2 is 1.88 bits per heavy atom. The van der Waals surface area contributed by atoms with Gasteiger partial charge >= 0.3 is 0 Å². The summed E-state index contributed by atoms with van der Waals surface area (Å²) in [5.41, 5.74) is 4.12. The summed E-state index contributed by atoms with van der Waals surface area (Å²) in [6.45, 7) is 5.94. The van der Waals surface area contributed by atoms with Crippen LogP contribution in [0.15, 0.2) is 42.5 Å². The number of nitro groups is 1. The molecule has 0 aromatic heterocycles. The van der Waals surface area contributed by atoms with E-state index in [4.69, 9.17) is 0 Å². The van der Waals surface area contributed by atoms with Crippen molar-refractivity contribution in [2.45, 2.75) is 33.2 Å². The summed E-state index contributed by atoms with van der Waals surface area (Å²) in [6, 6.07) is 12.2. The van der Waals surface area contributed by atoms with Crippen LogP contribution in [0.3, 0.4) is 0 Å². The lowest BCUT2D eigenvalue weighted by Gasteiger charge is -2.25. The number of hydrogen-bond acceptors (Lipinski definition) is 3. The van der Waals surface area contributed by atoms with Crippen LogP contribution >= 0.6 is 0 Å². The molecule has 2 rings (SSSR count). The smallest absolute Gasteiger partial charge is 0.269 e. The molecule has 0 fully saturated rings. The number of rotatable bonds is 5. The molecule has 0 spiro atoms. The fraction of sp³-hybridized carbons (Fsp3) is 0.316. The van der Waals surface area contributed by atoms with Crippen LogP contribution in [-0.2, 0) is 11.2 Å². The number of carbonyl (C=O) groups excluding carboxylic acids is 1. The molecule has 1 atom stereocenters. The Labute approximate surface area is 142 Å². The third-order valence-corrected chi connectivity index (χ3v) is 4.46. The Kier molecular flexibility index (Phi) is 5.34. The molecule has 1 amide bonds. The van der Waals surface area contributed by atoms with Crippen molar-refractivity contribution in [3.8, 4) is 0 Å². The summed E-state index contributed by atoms with van der Waals surface area (Å²) in [4.78, 5) is 24.6. The van der Waals surface area contributed by atoms with Crippen LogP contribution in [0, 0.1) is 24.0 Å². The van der Waals surface area contributed by atoms with Crippen molar-refractivity contribution in [3.63, 3.8) is 0 Å². The van der Waals surface area contributed by atoms with E-state index in [9.17, 15) is 14.9 Å². The fourth-order valence-corrected chi connectivity index (χ4v) is 2.55. The Hall–Kier alpha value is -2.69. The Bertz CT molecular complexity index is 771. The SMILES string of the molecule is Cc1ccc(CC(=O)N(C)[C@H](C)c2cccc([N+](=O)[O-])c2)cc1C. The molecule has 126 valence electrons. The highest BCUT2D eigenvalue weighted by Crippen LogP contribution is 2.23. The predicted octanol–water partition coefficient (Wildman–Crippen LogP) is 3.97. The first-order valence-corrected chi connectivity index (χ1v) is 7.85. The minimum atomic E-state index is -0.423. The zero-order valence-corrected chi connectivity index (χ0v) is 14.4. The van der Waals surface area contributed by atoms with Crippen LogP contribution in [0.2, 0.25) is 0 Å². The van der Waals surface area contributed by atoms with E-state index in [1.807, 2.05) is 39.0 Å². The minimum Gasteiger partial charge on any atom is -0.339 e. The average molecular weight is 326 g/mol. The molecule has 0 radical (unpaired) electrons. The first kappa shape index (κ1) is 17.7. The number of hydrogen-bond donors (Lipinski definition) is 0. The number of nitrogens with zero attached hydrogens (tertiary/aromatic N) is 2. The highest BCUT2D eigenvalue weighted by Gasteiger charge is 2.19. The molecule has 0 saturated heterocycles. The van der Waals surface area contributed by atoms with Crippen LogP contribution in [0.25, 0.3) is 0 Å². The monoisotopic (exact) mass is 326 g/mol. The summed E-state index contributed by atoms with van der Waals surface area (Å²) >= 11 is 0. The van der Waals surface area contributed by atoms with Gasteiger partial charge in [0, 0.05) is 19.2 Å². The summed E-state index contributed by atoms with van der Waals surface area (Å²) in [5, 5.41) is 10.9. The summed E-state index contributed by atoms with van der Waals surface area (Å²) in [6.07, 6.45) is 0.316. The number of benzene rings is 2. The molecule has 0 saturated carbocycles. The van der Waals surface area contributed by atoms with Crippen molar-refractivity contribution >= 4 is 11.6 Å². The highest BCUT2D eigenvalue weighted by atomic mass is 16.6. The van der Waals surface area contributed by atoms with E-state index < -0.39 is 4.92 Å². The van der Waals surface area contributed by atoms with E-state index >= 15 is 0 Å². The zero-order valence-electron chi connectivity index (χ0n) is 14.4. The molecule has 0 N–H and O–H groups in total. The van der Waals surface area contributed by atoms with Crippen molar-refractivity contribution < 1.29 is 9.72 Å². The van der Waals surface area contributed by atoms with E-state index in [1.165, 1.54) is 17.7 Å². The third kappa shape index (κ3) is 3.98. The predicted molar refractivity (Wildman–Crippen MR) is 93.9 cm³/mol. The lowest BCUT2D eigenvalue weighted by Crippen LogP contribution is -2.31. The topological polar surface area (TPSA) is 63.5 Å². The Balaban J connectivity index is 2.13. The first-order valence-electron chi connectivity index (χ1n) is 7.85. The second kappa shape index (κ2) is 7.25. The molecule has 2 aromatic rings. The molecule has 24 heavy (non-hydrogen) atoms. The van der Waals surface area contributed by atoms with Gasteiger partial charge in [-0.1, -0.05) is 30.3 Å². The zero-order chi connectivity index (χ0) is 17.9. The van der Waals surface area contributed by atoms with Gasteiger partial charge in [-0.05, 0) is 43.0 Å². The highest BCUT2D eigenvalue weighted by molar-refractivity contribution is 5.79. The number of non-ortho nitro benzene ring substituents is 1. The van der Waals surface area contributed by atoms with E-state index in [0.717, 1.165) is 16.7 Å². The van der Waals surface area contributed by atoms with Crippen molar-refractivity contribution in [1.29, 1.82) is 0 Å². The van der Waals surface area contributed by atoms with Crippen molar-refractivity contribution in [1.82, 2.24) is 4.90 Å². The Morgan fingerprint density at radius 1 is 1.17 bits per heavy atom. The van der Waals surface area contributed by atoms with Crippen LogP contribution in [0.5, 0.6) is 0 Å². The van der Waals surface area contributed by atoms with Crippen molar-refractivity contribution in [2.75, 3.05) is 7.05 Å². The minimum absolute atomic E-state index is 0.0164. The summed E-state index contributed by atoms with van der Waals surface area (Å²) < 4.78 is 0. The molecular formula is C19H22N2O3. The maximum atomic E-state index is 12.5. The molecule has 0 aliphatic carbocycles. The van der Waals surface area contributed by atoms with Gasteiger partial charge in [-0.2, -0.15) is 0 Å². The molecule has 0 bridgehead atoms. The average Bonchev–Trinajstić information content (AvgIpc) is 2.56. The van der Waals surface area contributed by atoms with Crippen molar-refractivity contribution in [2.24, 2.45) is 0 Å². The quantitative estimate of drug-likeness (QED) is 0.617. The summed E-state index contributed by atoms with van der Waals surface area (Å²) in [7, 11) is 1.73. The van der Waals surface area contributed by atoms with E-state index in [0.29, 0.717) is 6.42 Å². The van der Waals surface area contributed by atoms with Crippen LogP contribution in [0.1, 0.15) is 35.2 Å². The van der Waals surface area contributed by atoms with Gasteiger partial charge in [0.25, 0.3) is 5.69 Å². The lowest BCUT2D eigenvalue weighted by molar-refractivity contribution is -0.384. The number of aryl methyl sites for hydroxylation is 2. The number of carbonyl (C=O) groups is 1. The van der Waals surface area contributed by atoms with Gasteiger partial charge in [0.2, 0.25) is 5.91 Å². The number of amides is 1. The Morgan fingerprint density at radius 3 is 2.50 bits per heavy atom. The van der Waals surface area contributed by atoms with E-state index in [1.54, 1.807) is 24.1 Å². The van der Waals surface area contributed by atoms with Gasteiger partial charge in [0.1, 0.15) is 0 Å². The van der Waals surface area contributed by atoms with Gasteiger partial charge in [-0.3, -0.25) is 14.9 Å². The molecule has 0 aliphatic rings. The van der Waals surface area contributed by atoms with E-state index in [2.05, 4.69) is 0 Å². The van der Waals surface area contributed by atoms with Crippen molar-refractivity contribution in [3.05, 3.63) is 74.8 Å². The molecular weight excluding hydrogens is 304 g/mol.